The van der Waals surface area contributed by atoms with E-state index in [4.69, 9.17) is 18.7 Å². The minimum Gasteiger partial charge on any atom is -0.454 e. The van der Waals surface area contributed by atoms with Crippen LogP contribution in [0.1, 0.15) is 5.69 Å². The molecule has 0 atom stereocenters. The van der Waals surface area contributed by atoms with Gasteiger partial charge in [0.15, 0.2) is 23.1 Å². The van der Waals surface area contributed by atoms with Gasteiger partial charge in [-0.3, -0.25) is 4.79 Å². The second-order valence-corrected chi connectivity index (χ2v) is 6.89. The first kappa shape index (κ1) is 19.3. The maximum atomic E-state index is 13.7. The first-order chi connectivity index (χ1) is 14.0. The van der Waals surface area contributed by atoms with Crippen LogP contribution in [0.5, 0.6) is 11.5 Å². The average molecular weight is 467 g/mol. The van der Waals surface area contributed by atoms with Crippen molar-refractivity contribution in [3.63, 3.8) is 0 Å². The summed E-state index contributed by atoms with van der Waals surface area (Å²) >= 11 is 3.00. The lowest BCUT2D eigenvalue weighted by Gasteiger charge is -2.08. The summed E-state index contributed by atoms with van der Waals surface area (Å²) in [5.74, 6) is -0.470. The highest BCUT2D eigenvalue weighted by Crippen LogP contribution is 2.36. The molecule has 10 heteroatoms. The van der Waals surface area contributed by atoms with Crippen molar-refractivity contribution in [1.82, 2.24) is 5.16 Å². The summed E-state index contributed by atoms with van der Waals surface area (Å²) in [4.78, 5) is 11.9. The Labute approximate surface area is 171 Å². The van der Waals surface area contributed by atoms with Crippen LogP contribution in [0.3, 0.4) is 0 Å². The van der Waals surface area contributed by atoms with Gasteiger partial charge in [0.05, 0.1) is 12.3 Å². The van der Waals surface area contributed by atoms with Crippen molar-refractivity contribution >= 4 is 27.5 Å². The highest BCUT2D eigenvalue weighted by Gasteiger charge is 2.16. The predicted octanol–water partition coefficient (Wildman–Crippen LogP) is 4.27. The fraction of sp³-hybridized carbons (Fsp3) is 0.158. The normalized spacial score (nSPS) is 12.2. The van der Waals surface area contributed by atoms with Gasteiger partial charge in [-0.1, -0.05) is 5.16 Å². The molecule has 0 saturated carbocycles. The standard InChI is InChI=1S/C19H13BrF2N2O5/c20-13-4-11(21)5-14(22)19(13)23-18(25)8-26-7-12-6-16(29-24-12)10-1-2-15-17(3-10)28-9-27-15/h1-6H,7-9H2,(H,23,25). The molecule has 0 bridgehead atoms. The number of benzene rings is 2. The Bertz CT molecular complexity index is 1050. The second kappa shape index (κ2) is 8.18. The maximum Gasteiger partial charge on any atom is 0.250 e. The lowest BCUT2D eigenvalue weighted by molar-refractivity contribution is -0.121. The summed E-state index contributed by atoms with van der Waals surface area (Å²) in [7, 11) is 0. The molecule has 4 rings (SSSR count). The fourth-order valence-electron chi connectivity index (χ4n) is 2.65. The van der Waals surface area contributed by atoms with E-state index in [2.05, 4.69) is 26.4 Å². The molecule has 1 aliphatic heterocycles. The molecule has 0 radical (unpaired) electrons. The van der Waals surface area contributed by atoms with E-state index < -0.39 is 17.5 Å². The third kappa shape index (κ3) is 4.38. The van der Waals surface area contributed by atoms with Crippen LogP contribution in [0.2, 0.25) is 0 Å². The number of carbonyl (C=O) groups is 1. The molecular weight excluding hydrogens is 454 g/mol. The minimum absolute atomic E-state index is 0.00847. The summed E-state index contributed by atoms with van der Waals surface area (Å²) in [5, 5.41) is 6.22. The van der Waals surface area contributed by atoms with Crippen molar-refractivity contribution < 1.29 is 32.3 Å². The molecule has 1 N–H and O–H groups in total. The topological polar surface area (TPSA) is 82.8 Å². The van der Waals surface area contributed by atoms with E-state index >= 15 is 0 Å². The van der Waals surface area contributed by atoms with Crippen molar-refractivity contribution in [2.45, 2.75) is 6.61 Å². The Morgan fingerprint density at radius 1 is 1.17 bits per heavy atom. The Balaban J connectivity index is 1.32. The molecule has 0 saturated heterocycles. The smallest absolute Gasteiger partial charge is 0.250 e. The van der Waals surface area contributed by atoms with E-state index in [0.29, 0.717) is 29.0 Å². The second-order valence-electron chi connectivity index (χ2n) is 6.04. The maximum absolute atomic E-state index is 13.7. The highest BCUT2D eigenvalue weighted by molar-refractivity contribution is 9.10. The number of aromatic nitrogens is 1. The van der Waals surface area contributed by atoms with Gasteiger partial charge in [-0.15, -0.1) is 0 Å². The van der Waals surface area contributed by atoms with Crippen LogP contribution < -0.4 is 14.8 Å². The Kier molecular flexibility index (Phi) is 5.45. The molecular formula is C19H13BrF2N2O5. The van der Waals surface area contributed by atoms with Crippen LogP contribution in [0, 0.1) is 11.6 Å². The largest absolute Gasteiger partial charge is 0.454 e. The molecule has 1 aliphatic rings. The van der Waals surface area contributed by atoms with Crippen molar-refractivity contribution in [3.8, 4) is 22.8 Å². The first-order valence-electron chi connectivity index (χ1n) is 8.37. The van der Waals surface area contributed by atoms with Gasteiger partial charge in [0.25, 0.3) is 0 Å². The summed E-state index contributed by atoms with van der Waals surface area (Å²) in [5.41, 5.74) is 1.06. The van der Waals surface area contributed by atoms with Crippen LogP contribution >= 0.6 is 15.9 Å². The zero-order chi connectivity index (χ0) is 20.4. The molecule has 2 aromatic carbocycles. The SMILES string of the molecule is O=C(COCc1cc(-c2ccc3c(c2)OCO3)on1)Nc1c(F)cc(F)cc1Br. The molecule has 0 spiro atoms. The number of carbonyl (C=O) groups excluding carboxylic acids is 1. The van der Waals surface area contributed by atoms with Gasteiger partial charge in [-0.25, -0.2) is 8.78 Å². The van der Waals surface area contributed by atoms with Crippen LogP contribution in [0.25, 0.3) is 11.3 Å². The Morgan fingerprint density at radius 3 is 2.83 bits per heavy atom. The lowest BCUT2D eigenvalue weighted by atomic mass is 10.1. The van der Waals surface area contributed by atoms with E-state index in [9.17, 15) is 13.6 Å². The van der Waals surface area contributed by atoms with Gasteiger partial charge in [-0.2, -0.15) is 0 Å². The zero-order valence-corrected chi connectivity index (χ0v) is 16.3. The van der Waals surface area contributed by atoms with E-state index in [1.165, 1.54) is 0 Å². The molecule has 29 heavy (non-hydrogen) atoms. The molecule has 2 heterocycles. The average Bonchev–Trinajstić information content (AvgIpc) is 3.33. The van der Waals surface area contributed by atoms with Gasteiger partial charge in [0.1, 0.15) is 18.1 Å². The highest BCUT2D eigenvalue weighted by atomic mass is 79.9. The summed E-state index contributed by atoms with van der Waals surface area (Å²) in [6.45, 7) is -0.168. The number of rotatable bonds is 6. The zero-order valence-electron chi connectivity index (χ0n) is 14.7. The number of hydrogen-bond acceptors (Lipinski definition) is 6. The van der Waals surface area contributed by atoms with E-state index in [1.54, 1.807) is 24.3 Å². The van der Waals surface area contributed by atoms with Crippen LogP contribution in [0.15, 0.2) is 45.4 Å². The minimum atomic E-state index is -0.893. The van der Waals surface area contributed by atoms with Gasteiger partial charge in [-0.05, 0) is 40.2 Å². The number of fused-ring (bicyclic) bond motifs is 1. The Hall–Kier alpha value is -2.98. The van der Waals surface area contributed by atoms with Crippen molar-refractivity contribution in [2.75, 3.05) is 18.7 Å². The molecule has 150 valence electrons. The van der Waals surface area contributed by atoms with Gasteiger partial charge < -0.3 is 24.1 Å². The third-order valence-corrected chi connectivity index (χ3v) is 4.60. The molecule has 1 amide bonds. The van der Waals surface area contributed by atoms with E-state index in [-0.39, 0.29) is 30.2 Å². The number of amides is 1. The molecule has 0 unspecified atom stereocenters. The molecule has 7 nitrogen and oxygen atoms in total. The fourth-order valence-corrected chi connectivity index (χ4v) is 3.16. The van der Waals surface area contributed by atoms with Gasteiger partial charge in [0, 0.05) is 22.2 Å². The van der Waals surface area contributed by atoms with Crippen molar-refractivity contribution in [2.24, 2.45) is 0 Å². The summed E-state index contributed by atoms with van der Waals surface area (Å²) < 4.78 is 48.1. The van der Waals surface area contributed by atoms with Crippen LogP contribution in [-0.2, 0) is 16.1 Å². The van der Waals surface area contributed by atoms with E-state index in [0.717, 1.165) is 11.6 Å². The number of nitrogens with zero attached hydrogens (tertiary/aromatic N) is 1. The van der Waals surface area contributed by atoms with Crippen molar-refractivity contribution in [3.05, 3.63) is 58.2 Å². The third-order valence-electron chi connectivity index (χ3n) is 3.97. The van der Waals surface area contributed by atoms with Gasteiger partial charge in [0.2, 0.25) is 12.7 Å². The summed E-state index contributed by atoms with van der Waals surface area (Å²) in [6, 6.07) is 8.75. The number of halogens is 3. The molecule has 0 aliphatic carbocycles. The molecule has 0 fully saturated rings. The lowest BCUT2D eigenvalue weighted by Crippen LogP contribution is -2.19. The Morgan fingerprint density at radius 2 is 2.00 bits per heavy atom. The molecule has 3 aromatic rings. The predicted molar refractivity (Wildman–Crippen MR) is 100 cm³/mol. The van der Waals surface area contributed by atoms with Crippen molar-refractivity contribution in [1.29, 1.82) is 0 Å². The number of hydrogen-bond donors (Lipinski definition) is 1. The van der Waals surface area contributed by atoms with Crippen LogP contribution in [0.4, 0.5) is 14.5 Å². The van der Waals surface area contributed by atoms with Gasteiger partial charge >= 0.3 is 0 Å². The summed E-state index contributed by atoms with van der Waals surface area (Å²) in [6.07, 6.45) is 0. The number of anilines is 1. The number of nitrogens with one attached hydrogen (secondary N) is 1. The quantitative estimate of drug-likeness (QED) is 0.584. The monoisotopic (exact) mass is 466 g/mol. The first-order valence-corrected chi connectivity index (χ1v) is 9.16. The van der Waals surface area contributed by atoms with Crippen LogP contribution in [-0.4, -0.2) is 24.5 Å². The van der Waals surface area contributed by atoms with E-state index in [1.807, 2.05) is 0 Å². The molecule has 1 aromatic heterocycles. The number of ether oxygens (including phenoxy) is 3.